The molecule has 0 bridgehead atoms. The third kappa shape index (κ3) is 5.43. The highest BCUT2D eigenvalue weighted by Gasteiger charge is 2.35. The Morgan fingerprint density at radius 2 is 2.00 bits per heavy atom. The highest BCUT2D eigenvalue weighted by Crippen LogP contribution is 2.28. The Bertz CT molecular complexity index is 375. The Balaban J connectivity index is 1.73. The largest absolute Gasteiger partial charge is 0.444 e. The minimum absolute atomic E-state index is 0.160. The van der Waals surface area contributed by atoms with Gasteiger partial charge in [0.1, 0.15) is 5.60 Å². The van der Waals surface area contributed by atoms with Gasteiger partial charge in [0.05, 0.1) is 0 Å². The maximum Gasteiger partial charge on any atom is 0.410 e. The molecule has 1 aliphatic carbocycles. The van der Waals surface area contributed by atoms with E-state index in [1.807, 2.05) is 25.7 Å². The summed E-state index contributed by atoms with van der Waals surface area (Å²) in [6.07, 6.45) is 3.27. The van der Waals surface area contributed by atoms with Crippen LogP contribution in [0.25, 0.3) is 0 Å². The van der Waals surface area contributed by atoms with Gasteiger partial charge in [0.2, 0.25) is 0 Å². The van der Waals surface area contributed by atoms with Crippen LogP contribution in [0.15, 0.2) is 0 Å². The smallest absolute Gasteiger partial charge is 0.410 e. The Morgan fingerprint density at radius 3 is 2.50 bits per heavy atom. The number of carbonyl (C=O) groups excluding carboxylic acids is 1. The van der Waals surface area contributed by atoms with Crippen molar-refractivity contribution in [2.24, 2.45) is 0 Å². The number of nitrogens with one attached hydrogen (secondary N) is 1. The maximum absolute atomic E-state index is 12.3. The van der Waals surface area contributed by atoms with E-state index < -0.39 is 5.60 Å². The number of nitrogens with zero attached hydrogens (tertiary/aromatic N) is 2. The molecule has 2 aliphatic rings. The molecule has 1 aliphatic heterocycles. The van der Waals surface area contributed by atoms with Gasteiger partial charge >= 0.3 is 6.09 Å². The van der Waals surface area contributed by atoms with Crippen molar-refractivity contribution in [1.29, 1.82) is 0 Å². The topological polar surface area (TPSA) is 44.8 Å². The first-order valence-electron chi connectivity index (χ1n) is 8.73. The molecular weight excluding hydrogens is 278 g/mol. The van der Waals surface area contributed by atoms with E-state index in [0.717, 1.165) is 32.5 Å². The molecule has 1 saturated heterocycles. The fourth-order valence-electron chi connectivity index (χ4n) is 2.94. The van der Waals surface area contributed by atoms with E-state index >= 15 is 0 Å². The molecule has 2 fully saturated rings. The number of rotatable bonds is 6. The first-order chi connectivity index (χ1) is 10.3. The minimum atomic E-state index is -0.416. The zero-order valence-corrected chi connectivity index (χ0v) is 14.9. The van der Waals surface area contributed by atoms with E-state index in [-0.39, 0.29) is 6.09 Å². The van der Waals surface area contributed by atoms with E-state index in [4.69, 9.17) is 4.74 Å². The van der Waals surface area contributed by atoms with Gasteiger partial charge < -0.3 is 15.0 Å². The molecule has 5 heteroatoms. The Labute approximate surface area is 135 Å². The molecular formula is C17H33N3O2. The SMILES string of the molecule is CC(C)N1CCC(NCCN(C(=O)OC(C)(C)C)C2CC2)C1. The Hall–Kier alpha value is -0.810. The average Bonchev–Trinajstić information content (AvgIpc) is 3.10. The van der Waals surface area contributed by atoms with Crippen LogP contribution in [-0.4, -0.2) is 65.8 Å². The molecule has 1 heterocycles. The quantitative estimate of drug-likeness (QED) is 0.818. The van der Waals surface area contributed by atoms with Gasteiger partial charge in [-0.3, -0.25) is 4.90 Å². The van der Waals surface area contributed by atoms with Crippen LogP contribution in [0.1, 0.15) is 53.9 Å². The minimum Gasteiger partial charge on any atom is -0.444 e. The van der Waals surface area contributed by atoms with Gasteiger partial charge in [0.25, 0.3) is 0 Å². The first-order valence-corrected chi connectivity index (χ1v) is 8.73. The zero-order chi connectivity index (χ0) is 16.3. The van der Waals surface area contributed by atoms with Gasteiger partial charge in [-0.05, 0) is 60.4 Å². The van der Waals surface area contributed by atoms with E-state index in [0.29, 0.717) is 18.1 Å². The lowest BCUT2D eigenvalue weighted by molar-refractivity contribution is 0.0234. The molecule has 2 rings (SSSR count). The van der Waals surface area contributed by atoms with Gasteiger partial charge in [-0.15, -0.1) is 0 Å². The van der Waals surface area contributed by atoms with Gasteiger partial charge in [-0.2, -0.15) is 0 Å². The van der Waals surface area contributed by atoms with Gasteiger partial charge in [-0.1, -0.05) is 0 Å². The van der Waals surface area contributed by atoms with Crippen LogP contribution in [0.5, 0.6) is 0 Å². The highest BCUT2D eigenvalue weighted by atomic mass is 16.6. The summed E-state index contributed by atoms with van der Waals surface area (Å²) in [5, 5.41) is 3.61. The monoisotopic (exact) mass is 311 g/mol. The second-order valence-electron chi connectivity index (χ2n) is 7.93. The van der Waals surface area contributed by atoms with Crippen molar-refractivity contribution in [1.82, 2.24) is 15.1 Å². The summed E-state index contributed by atoms with van der Waals surface area (Å²) >= 11 is 0. The van der Waals surface area contributed by atoms with Gasteiger partial charge in [-0.25, -0.2) is 4.79 Å². The second-order valence-corrected chi connectivity index (χ2v) is 7.93. The third-order valence-electron chi connectivity index (χ3n) is 4.35. The van der Waals surface area contributed by atoms with Crippen molar-refractivity contribution < 1.29 is 9.53 Å². The van der Waals surface area contributed by atoms with Gasteiger partial charge in [0, 0.05) is 37.8 Å². The zero-order valence-electron chi connectivity index (χ0n) is 14.9. The number of hydrogen-bond donors (Lipinski definition) is 1. The molecule has 1 amide bonds. The summed E-state index contributed by atoms with van der Waals surface area (Å²) in [5.41, 5.74) is -0.416. The summed E-state index contributed by atoms with van der Waals surface area (Å²) in [6, 6.07) is 1.58. The first kappa shape index (κ1) is 17.5. The fourth-order valence-corrected chi connectivity index (χ4v) is 2.94. The molecule has 0 radical (unpaired) electrons. The van der Waals surface area contributed by atoms with Gasteiger partial charge in [0.15, 0.2) is 0 Å². The molecule has 128 valence electrons. The second kappa shape index (κ2) is 7.18. The molecule has 1 N–H and O–H groups in total. The van der Waals surface area contributed by atoms with Crippen LogP contribution < -0.4 is 5.32 Å². The van der Waals surface area contributed by atoms with Crippen LogP contribution in [0, 0.1) is 0 Å². The Kier molecular flexibility index (Phi) is 5.72. The van der Waals surface area contributed by atoms with E-state index in [1.54, 1.807) is 0 Å². The van der Waals surface area contributed by atoms with Crippen LogP contribution in [0.4, 0.5) is 4.79 Å². The van der Waals surface area contributed by atoms with Crippen molar-refractivity contribution >= 4 is 6.09 Å². The predicted molar refractivity (Wildman–Crippen MR) is 89.1 cm³/mol. The summed E-state index contributed by atoms with van der Waals surface area (Å²) in [5.74, 6) is 0. The van der Waals surface area contributed by atoms with E-state index in [2.05, 4.69) is 24.1 Å². The molecule has 5 nitrogen and oxygen atoms in total. The normalized spacial score (nSPS) is 23.1. The maximum atomic E-state index is 12.3. The molecule has 0 aromatic carbocycles. The molecule has 0 aromatic rings. The number of likely N-dealkylation sites (tertiary alicyclic amines) is 1. The standard InChI is InChI=1S/C17H33N3O2/c1-13(2)19-10-8-14(12-19)18-9-11-20(15-6-7-15)16(21)22-17(3,4)5/h13-15,18H,6-12H2,1-5H3. The summed E-state index contributed by atoms with van der Waals surface area (Å²) in [6.45, 7) is 14.2. The Morgan fingerprint density at radius 1 is 1.32 bits per heavy atom. The van der Waals surface area contributed by atoms with Crippen molar-refractivity contribution in [3.8, 4) is 0 Å². The summed E-state index contributed by atoms with van der Waals surface area (Å²) in [7, 11) is 0. The molecule has 1 atom stereocenters. The van der Waals surface area contributed by atoms with Crippen LogP contribution in [-0.2, 0) is 4.74 Å². The van der Waals surface area contributed by atoms with Crippen LogP contribution in [0.2, 0.25) is 0 Å². The lowest BCUT2D eigenvalue weighted by atomic mass is 10.2. The van der Waals surface area contributed by atoms with Crippen LogP contribution in [0.3, 0.4) is 0 Å². The molecule has 0 aromatic heterocycles. The third-order valence-corrected chi connectivity index (χ3v) is 4.35. The predicted octanol–water partition coefficient (Wildman–Crippen LogP) is 2.46. The molecule has 22 heavy (non-hydrogen) atoms. The average molecular weight is 311 g/mol. The number of amides is 1. The number of ether oxygens (including phenoxy) is 1. The van der Waals surface area contributed by atoms with Crippen molar-refractivity contribution in [3.05, 3.63) is 0 Å². The van der Waals surface area contributed by atoms with Crippen LogP contribution >= 0.6 is 0 Å². The van der Waals surface area contributed by atoms with E-state index in [9.17, 15) is 4.79 Å². The molecule has 1 unspecified atom stereocenters. The highest BCUT2D eigenvalue weighted by molar-refractivity contribution is 5.69. The summed E-state index contributed by atoms with van der Waals surface area (Å²) < 4.78 is 5.52. The molecule has 0 spiro atoms. The van der Waals surface area contributed by atoms with E-state index in [1.165, 1.54) is 13.0 Å². The van der Waals surface area contributed by atoms with Crippen molar-refractivity contribution in [2.45, 2.75) is 77.6 Å². The fraction of sp³-hybridized carbons (Fsp3) is 0.941. The lowest BCUT2D eigenvalue weighted by Gasteiger charge is -2.28. The molecule has 1 saturated carbocycles. The number of hydrogen-bond acceptors (Lipinski definition) is 4. The summed E-state index contributed by atoms with van der Waals surface area (Å²) in [4.78, 5) is 16.7. The van der Waals surface area contributed by atoms with Crippen molar-refractivity contribution in [2.75, 3.05) is 26.2 Å². The lowest BCUT2D eigenvalue weighted by Crippen LogP contribution is -2.44. The van der Waals surface area contributed by atoms with Crippen molar-refractivity contribution in [3.63, 3.8) is 0 Å². The number of carbonyl (C=O) groups is 1.